The first-order chi connectivity index (χ1) is 10.8. The average Bonchev–Trinajstić information content (AvgIpc) is 2.96. The lowest BCUT2D eigenvalue weighted by Crippen LogP contribution is -2.40. The van der Waals surface area contributed by atoms with Gasteiger partial charge in [-0.1, -0.05) is 18.2 Å². The van der Waals surface area contributed by atoms with Crippen molar-refractivity contribution < 1.29 is 27.9 Å². The molecule has 1 saturated heterocycles. The van der Waals surface area contributed by atoms with E-state index >= 15 is 0 Å². The van der Waals surface area contributed by atoms with Gasteiger partial charge in [0.1, 0.15) is 6.04 Å². The second kappa shape index (κ2) is 7.02. The number of rotatable bonds is 5. The number of likely N-dealkylation sites (tertiary alicyclic amines) is 1. The summed E-state index contributed by atoms with van der Waals surface area (Å²) in [6.07, 6.45) is -2.38. The van der Waals surface area contributed by atoms with Crippen LogP contribution >= 0.6 is 0 Å². The topological polar surface area (TPSA) is 57.6 Å². The number of aryl methyl sites for hydroxylation is 1. The van der Waals surface area contributed by atoms with Gasteiger partial charge < -0.3 is 10.0 Å². The molecule has 0 aliphatic carbocycles. The Balaban J connectivity index is 1.88. The van der Waals surface area contributed by atoms with Crippen LogP contribution in [0.3, 0.4) is 0 Å². The number of aliphatic carboxylic acids is 1. The van der Waals surface area contributed by atoms with Crippen LogP contribution in [0.15, 0.2) is 24.3 Å². The van der Waals surface area contributed by atoms with Crippen molar-refractivity contribution >= 4 is 11.9 Å². The molecule has 0 spiro atoms. The quantitative estimate of drug-likeness (QED) is 0.903. The van der Waals surface area contributed by atoms with Crippen molar-refractivity contribution in [1.29, 1.82) is 0 Å². The summed E-state index contributed by atoms with van der Waals surface area (Å²) in [6, 6.07) is 4.27. The van der Waals surface area contributed by atoms with Crippen LogP contribution in [-0.2, 0) is 22.2 Å². The number of benzene rings is 1. The van der Waals surface area contributed by atoms with Gasteiger partial charge in [-0.25, -0.2) is 4.79 Å². The number of hydrogen-bond donors (Lipinski definition) is 1. The van der Waals surface area contributed by atoms with Gasteiger partial charge in [0, 0.05) is 13.0 Å². The standard InChI is InChI=1S/C16H18F3NO3/c17-16(18,19)12-6-1-4-11(10-12)5-2-8-14(21)20-9-3-7-13(20)15(22)23/h1,4,6,10,13H,2-3,5,7-9H2,(H,22,23)/t13-/m1/s1. The van der Waals surface area contributed by atoms with Crippen molar-refractivity contribution in [1.82, 2.24) is 4.90 Å². The van der Waals surface area contributed by atoms with E-state index in [4.69, 9.17) is 5.11 Å². The van der Waals surface area contributed by atoms with E-state index < -0.39 is 23.8 Å². The summed E-state index contributed by atoms with van der Waals surface area (Å²) < 4.78 is 37.9. The third kappa shape index (κ3) is 4.46. The lowest BCUT2D eigenvalue weighted by molar-refractivity contribution is -0.148. The average molecular weight is 329 g/mol. The molecule has 1 heterocycles. The molecule has 1 amide bonds. The van der Waals surface area contributed by atoms with Crippen LogP contribution in [-0.4, -0.2) is 34.5 Å². The molecule has 0 radical (unpaired) electrons. The van der Waals surface area contributed by atoms with E-state index in [-0.39, 0.29) is 12.3 Å². The van der Waals surface area contributed by atoms with E-state index in [0.717, 1.165) is 12.1 Å². The van der Waals surface area contributed by atoms with Crippen molar-refractivity contribution in [2.24, 2.45) is 0 Å². The maximum atomic E-state index is 12.6. The predicted octanol–water partition coefficient (Wildman–Crippen LogP) is 3.10. The van der Waals surface area contributed by atoms with Gasteiger partial charge in [-0.2, -0.15) is 13.2 Å². The van der Waals surface area contributed by atoms with E-state index in [9.17, 15) is 22.8 Å². The number of carbonyl (C=O) groups excluding carboxylic acids is 1. The van der Waals surface area contributed by atoms with E-state index in [2.05, 4.69) is 0 Å². The molecule has 23 heavy (non-hydrogen) atoms. The first-order valence-corrected chi connectivity index (χ1v) is 7.47. The lowest BCUT2D eigenvalue weighted by atomic mass is 10.0. The highest BCUT2D eigenvalue weighted by Gasteiger charge is 2.33. The second-order valence-electron chi connectivity index (χ2n) is 5.64. The van der Waals surface area contributed by atoms with Crippen molar-refractivity contribution in [3.8, 4) is 0 Å². The Bertz CT molecular complexity index is 586. The van der Waals surface area contributed by atoms with Gasteiger partial charge >= 0.3 is 12.1 Å². The van der Waals surface area contributed by atoms with Crippen LogP contribution in [0.2, 0.25) is 0 Å². The van der Waals surface area contributed by atoms with Gasteiger partial charge in [0.2, 0.25) is 5.91 Å². The second-order valence-corrected chi connectivity index (χ2v) is 5.64. The zero-order chi connectivity index (χ0) is 17.0. The Morgan fingerprint density at radius 2 is 2.04 bits per heavy atom. The maximum absolute atomic E-state index is 12.6. The number of carboxylic acids is 1. The number of halogens is 3. The highest BCUT2D eigenvalue weighted by Crippen LogP contribution is 2.29. The van der Waals surface area contributed by atoms with Gasteiger partial charge in [0.25, 0.3) is 0 Å². The number of nitrogens with zero attached hydrogens (tertiary/aromatic N) is 1. The summed E-state index contributed by atoms with van der Waals surface area (Å²) >= 11 is 0. The highest BCUT2D eigenvalue weighted by atomic mass is 19.4. The number of alkyl halides is 3. The molecular formula is C16H18F3NO3. The number of amides is 1. The van der Waals surface area contributed by atoms with Crippen LogP contribution in [0.1, 0.15) is 36.8 Å². The minimum atomic E-state index is -4.38. The lowest BCUT2D eigenvalue weighted by Gasteiger charge is -2.21. The molecule has 1 aliphatic heterocycles. The fourth-order valence-corrected chi connectivity index (χ4v) is 2.81. The fourth-order valence-electron chi connectivity index (χ4n) is 2.81. The van der Waals surface area contributed by atoms with Crippen LogP contribution in [0.5, 0.6) is 0 Å². The number of carboxylic acid groups (broad SMARTS) is 1. The van der Waals surface area contributed by atoms with E-state index in [0.29, 0.717) is 37.8 Å². The van der Waals surface area contributed by atoms with Crippen LogP contribution in [0, 0.1) is 0 Å². The van der Waals surface area contributed by atoms with E-state index in [1.54, 1.807) is 6.07 Å². The van der Waals surface area contributed by atoms with Crippen molar-refractivity contribution in [2.75, 3.05) is 6.54 Å². The monoisotopic (exact) mass is 329 g/mol. The number of hydrogen-bond acceptors (Lipinski definition) is 2. The zero-order valence-electron chi connectivity index (χ0n) is 12.5. The Morgan fingerprint density at radius 3 is 2.70 bits per heavy atom. The SMILES string of the molecule is O=C(O)[C@H]1CCCN1C(=O)CCCc1cccc(C(F)(F)F)c1. The van der Waals surface area contributed by atoms with Gasteiger partial charge in [-0.3, -0.25) is 4.79 Å². The summed E-state index contributed by atoms with van der Waals surface area (Å²) in [4.78, 5) is 24.5. The Labute approximate surface area is 131 Å². The maximum Gasteiger partial charge on any atom is 0.416 e. The van der Waals surface area contributed by atoms with Crippen LogP contribution in [0.4, 0.5) is 13.2 Å². The highest BCUT2D eigenvalue weighted by molar-refractivity contribution is 5.84. The third-order valence-electron chi connectivity index (χ3n) is 3.97. The molecule has 4 nitrogen and oxygen atoms in total. The Morgan fingerprint density at radius 1 is 1.30 bits per heavy atom. The summed E-state index contributed by atoms with van der Waals surface area (Å²) in [5, 5.41) is 9.04. The molecule has 1 aromatic carbocycles. The molecule has 1 N–H and O–H groups in total. The molecule has 0 saturated carbocycles. The summed E-state index contributed by atoms with van der Waals surface area (Å²) in [5.74, 6) is -1.25. The molecule has 0 bridgehead atoms. The first kappa shape index (κ1) is 17.3. The molecule has 1 fully saturated rings. The molecule has 126 valence electrons. The van der Waals surface area contributed by atoms with Crippen molar-refractivity contribution in [2.45, 2.75) is 44.3 Å². The minimum Gasteiger partial charge on any atom is -0.480 e. The Kier molecular flexibility index (Phi) is 5.28. The smallest absolute Gasteiger partial charge is 0.416 e. The molecular weight excluding hydrogens is 311 g/mol. The molecule has 1 atom stereocenters. The largest absolute Gasteiger partial charge is 0.480 e. The van der Waals surface area contributed by atoms with Crippen LogP contribution < -0.4 is 0 Å². The molecule has 2 rings (SSSR count). The van der Waals surface area contributed by atoms with Gasteiger partial charge in [-0.15, -0.1) is 0 Å². The summed E-state index contributed by atoms with van der Waals surface area (Å²) in [6.45, 7) is 0.430. The number of carbonyl (C=O) groups is 2. The van der Waals surface area contributed by atoms with Gasteiger partial charge in [0.05, 0.1) is 5.56 Å². The van der Waals surface area contributed by atoms with Gasteiger partial charge in [-0.05, 0) is 37.3 Å². The van der Waals surface area contributed by atoms with Crippen molar-refractivity contribution in [3.05, 3.63) is 35.4 Å². The predicted molar refractivity (Wildman–Crippen MR) is 76.8 cm³/mol. The van der Waals surface area contributed by atoms with Gasteiger partial charge in [0.15, 0.2) is 0 Å². The van der Waals surface area contributed by atoms with E-state index in [1.807, 2.05) is 0 Å². The molecule has 1 aliphatic rings. The van der Waals surface area contributed by atoms with Crippen LogP contribution in [0.25, 0.3) is 0 Å². The fraction of sp³-hybridized carbons (Fsp3) is 0.500. The summed E-state index contributed by atoms with van der Waals surface area (Å²) in [5.41, 5.74) is -0.185. The third-order valence-corrected chi connectivity index (χ3v) is 3.97. The Hall–Kier alpha value is -2.05. The molecule has 0 unspecified atom stereocenters. The normalized spacial score (nSPS) is 18.2. The minimum absolute atomic E-state index is 0.139. The van der Waals surface area contributed by atoms with Crippen molar-refractivity contribution in [3.63, 3.8) is 0 Å². The molecule has 7 heteroatoms. The van der Waals surface area contributed by atoms with E-state index in [1.165, 1.54) is 11.0 Å². The zero-order valence-corrected chi connectivity index (χ0v) is 12.5. The molecule has 0 aromatic heterocycles. The molecule has 1 aromatic rings. The summed E-state index contributed by atoms with van der Waals surface area (Å²) in [7, 11) is 0. The first-order valence-electron chi connectivity index (χ1n) is 7.47.